The summed E-state index contributed by atoms with van der Waals surface area (Å²) < 4.78 is 23.5. The Bertz CT molecular complexity index is 1150. The van der Waals surface area contributed by atoms with Gasteiger partial charge in [-0.3, -0.25) is 4.79 Å². The van der Waals surface area contributed by atoms with Crippen molar-refractivity contribution in [2.75, 3.05) is 18.6 Å². The third kappa shape index (κ3) is 4.17. The summed E-state index contributed by atoms with van der Waals surface area (Å²) in [6, 6.07) is 9.81. The van der Waals surface area contributed by atoms with Crippen molar-refractivity contribution in [2.45, 2.75) is 29.7 Å². The largest absolute Gasteiger partial charge is 0.341 e. The van der Waals surface area contributed by atoms with Crippen LogP contribution in [0.2, 0.25) is 0 Å². The third-order valence-electron chi connectivity index (χ3n) is 5.16. The van der Waals surface area contributed by atoms with Crippen LogP contribution in [-0.4, -0.2) is 59.0 Å². The van der Waals surface area contributed by atoms with Gasteiger partial charge in [0.25, 0.3) is 0 Å². The molecule has 0 saturated carbocycles. The lowest BCUT2D eigenvalue weighted by Gasteiger charge is -2.26. The van der Waals surface area contributed by atoms with Crippen LogP contribution in [0.3, 0.4) is 0 Å². The maximum Gasteiger partial charge on any atom is 0.235 e. The zero-order valence-electron chi connectivity index (χ0n) is 16.1. The molecule has 3 aromatic rings. The number of carbonyl (C=O) groups excluding carboxylic acids is 1. The van der Waals surface area contributed by atoms with E-state index in [1.165, 1.54) is 18.1 Å². The molecular weight excluding hydrogens is 426 g/mol. The van der Waals surface area contributed by atoms with Crippen LogP contribution in [-0.2, 0) is 14.6 Å². The molecule has 0 aliphatic carbocycles. The number of fused-ring (bicyclic) bond motifs is 1. The van der Waals surface area contributed by atoms with Crippen molar-refractivity contribution >= 4 is 49.1 Å². The number of sulfone groups is 1. The molecule has 0 radical (unpaired) electrons. The summed E-state index contributed by atoms with van der Waals surface area (Å²) in [6.07, 6.45) is 2.03. The van der Waals surface area contributed by atoms with Crippen molar-refractivity contribution in [2.24, 2.45) is 0 Å². The van der Waals surface area contributed by atoms with Crippen LogP contribution in [0.1, 0.15) is 13.3 Å². The Hall–Kier alpha value is -1.97. The summed E-state index contributed by atoms with van der Waals surface area (Å²) in [5, 5.41) is 3.41. The molecule has 0 spiro atoms. The maximum atomic E-state index is 12.9. The van der Waals surface area contributed by atoms with Gasteiger partial charge in [0, 0.05) is 24.0 Å². The second kappa shape index (κ2) is 8.04. The first kappa shape index (κ1) is 20.3. The van der Waals surface area contributed by atoms with Crippen molar-refractivity contribution in [3.63, 3.8) is 0 Å². The molecule has 2 atom stereocenters. The lowest BCUT2D eigenvalue weighted by molar-refractivity contribution is -0.130. The van der Waals surface area contributed by atoms with E-state index in [2.05, 4.69) is 15.3 Å². The molecule has 1 fully saturated rings. The first-order valence-electron chi connectivity index (χ1n) is 9.27. The van der Waals surface area contributed by atoms with Gasteiger partial charge < -0.3 is 4.90 Å². The molecule has 1 amide bonds. The molecule has 9 heteroatoms. The van der Waals surface area contributed by atoms with Crippen LogP contribution < -0.4 is 0 Å². The highest BCUT2D eigenvalue weighted by Gasteiger charge is 2.34. The minimum atomic E-state index is -3.04. The van der Waals surface area contributed by atoms with Gasteiger partial charge in [-0.2, -0.15) is 0 Å². The van der Waals surface area contributed by atoms with E-state index < -0.39 is 9.84 Å². The van der Waals surface area contributed by atoms with E-state index in [0.717, 1.165) is 26.4 Å². The summed E-state index contributed by atoms with van der Waals surface area (Å²) in [5.74, 6) is 0.117. The quantitative estimate of drug-likeness (QED) is 0.440. The van der Waals surface area contributed by atoms with Crippen molar-refractivity contribution in [1.29, 1.82) is 0 Å². The fourth-order valence-corrected chi connectivity index (χ4v) is 7.32. The van der Waals surface area contributed by atoms with Gasteiger partial charge in [0.05, 0.1) is 22.1 Å². The summed E-state index contributed by atoms with van der Waals surface area (Å²) >= 11 is 2.95. The molecule has 152 valence electrons. The number of carbonyl (C=O) groups is 1. The van der Waals surface area contributed by atoms with Crippen LogP contribution in [0.4, 0.5) is 0 Å². The van der Waals surface area contributed by atoms with E-state index in [9.17, 15) is 13.2 Å². The normalized spacial score (nSPS) is 19.3. The third-order valence-corrected chi connectivity index (χ3v) is 8.88. The number of thioether (sulfide) groups is 1. The van der Waals surface area contributed by atoms with Crippen LogP contribution in [0.25, 0.3) is 21.3 Å². The van der Waals surface area contributed by atoms with E-state index >= 15 is 0 Å². The lowest BCUT2D eigenvalue weighted by Crippen LogP contribution is -2.41. The van der Waals surface area contributed by atoms with Crippen LogP contribution in [0.15, 0.2) is 47.1 Å². The van der Waals surface area contributed by atoms with E-state index in [1.807, 2.05) is 37.3 Å². The fraction of sp³-hybridized carbons (Fsp3) is 0.350. The smallest absolute Gasteiger partial charge is 0.235 e. The molecule has 3 heterocycles. The molecule has 4 rings (SSSR count). The number of hydrogen-bond acceptors (Lipinski definition) is 7. The minimum Gasteiger partial charge on any atom is -0.341 e. The maximum absolute atomic E-state index is 12.9. The Morgan fingerprint density at radius 2 is 2.03 bits per heavy atom. The Kier molecular flexibility index (Phi) is 5.63. The summed E-state index contributed by atoms with van der Waals surface area (Å²) in [7, 11) is -1.34. The second-order valence-electron chi connectivity index (χ2n) is 7.14. The highest BCUT2D eigenvalue weighted by atomic mass is 32.2. The highest BCUT2D eigenvalue weighted by molar-refractivity contribution is 8.00. The summed E-state index contributed by atoms with van der Waals surface area (Å²) in [4.78, 5) is 24.3. The molecule has 29 heavy (non-hydrogen) atoms. The average Bonchev–Trinajstić information content (AvgIpc) is 3.31. The monoisotopic (exact) mass is 447 g/mol. The topological polar surface area (TPSA) is 80.2 Å². The fourth-order valence-electron chi connectivity index (χ4n) is 3.53. The van der Waals surface area contributed by atoms with Crippen LogP contribution in [0, 0.1) is 0 Å². The number of amides is 1. The van der Waals surface area contributed by atoms with Crippen molar-refractivity contribution in [3.8, 4) is 11.1 Å². The standard InChI is InChI=1S/C20H21N3O3S3/c1-13(20(24)23(2)15-8-9-29(25,26)11-15)28-19-17-16(14-6-4-3-5-7-14)10-27-18(17)21-12-22-19/h3-7,10,12-13,15H,8-9,11H2,1-2H3. The molecular formula is C20H21N3O3S3. The first-order chi connectivity index (χ1) is 13.9. The van der Waals surface area contributed by atoms with Gasteiger partial charge in [-0.05, 0) is 18.9 Å². The first-order valence-corrected chi connectivity index (χ1v) is 12.8. The molecule has 6 nitrogen and oxygen atoms in total. The van der Waals surface area contributed by atoms with E-state index in [-0.39, 0.29) is 28.7 Å². The molecule has 1 saturated heterocycles. The molecule has 1 aliphatic heterocycles. The van der Waals surface area contributed by atoms with Crippen LogP contribution >= 0.6 is 23.1 Å². The van der Waals surface area contributed by atoms with Gasteiger partial charge in [-0.25, -0.2) is 18.4 Å². The predicted molar refractivity (Wildman–Crippen MR) is 118 cm³/mol. The van der Waals surface area contributed by atoms with E-state index in [4.69, 9.17) is 0 Å². The molecule has 0 N–H and O–H groups in total. The molecule has 2 aromatic heterocycles. The number of rotatable bonds is 5. The SMILES string of the molecule is CC(Sc1ncnc2scc(-c3ccccc3)c12)C(=O)N(C)C1CCS(=O)(=O)C1. The second-order valence-corrected chi connectivity index (χ2v) is 11.6. The highest BCUT2D eigenvalue weighted by Crippen LogP contribution is 2.39. The molecule has 2 unspecified atom stereocenters. The number of hydrogen-bond donors (Lipinski definition) is 0. The zero-order valence-corrected chi connectivity index (χ0v) is 18.6. The average molecular weight is 448 g/mol. The number of nitrogens with zero attached hydrogens (tertiary/aromatic N) is 3. The van der Waals surface area contributed by atoms with E-state index in [0.29, 0.717) is 6.42 Å². The van der Waals surface area contributed by atoms with Gasteiger partial charge >= 0.3 is 0 Å². The minimum absolute atomic E-state index is 0.0487. The van der Waals surface area contributed by atoms with Gasteiger partial charge in [0.1, 0.15) is 16.2 Å². The Balaban J connectivity index is 1.59. The van der Waals surface area contributed by atoms with Gasteiger partial charge in [0.15, 0.2) is 9.84 Å². The Labute approximate surface area is 178 Å². The Morgan fingerprint density at radius 3 is 2.72 bits per heavy atom. The summed E-state index contributed by atoms with van der Waals surface area (Å²) in [6.45, 7) is 1.84. The van der Waals surface area contributed by atoms with Crippen molar-refractivity contribution < 1.29 is 13.2 Å². The lowest BCUT2D eigenvalue weighted by atomic mass is 10.1. The zero-order chi connectivity index (χ0) is 20.6. The van der Waals surface area contributed by atoms with Gasteiger partial charge in [0.2, 0.25) is 5.91 Å². The predicted octanol–water partition coefficient (Wildman–Crippen LogP) is 3.48. The Morgan fingerprint density at radius 1 is 1.28 bits per heavy atom. The molecule has 1 aromatic carbocycles. The number of aromatic nitrogens is 2. The number of benzene rings is 1. The van der Waals surface area contributed by atoms with E-state index in [1.54, 1.807) is 23.3 Å². The summed E-state index contributed by atoms with van der Waals surface area (Å²) in [5.41, 5.74) is 2.14. The van der Waals surface area contributed by atoms with Crippen LogP contribution in [0.5, 0.6) is 0 Å². The van der Waals surface area contributed by atoms with Gasteiger partial charge in [-0.15, -0.1) is 11.3 Å². The van der Waals surface area contributed by atoms with Gasteiger partial charge in [-0.1, -0.05) is 42.1 Å². The molecule has 1 aliphatic rings. The molecule has 0 bridgehead atoms. The number of thiophene rings is 1. The van der Waals surface area contributed by atoms with Crippen molar-refractivity contribution in [3.05, 3.63) is 42.0 Å². The van der Waals surface area contributed by atoms with Crippen molar-refractivity contribution in [1.82, 2.24) is 14.9 Å².